The molecule has 1 aliphatic heterocycles. The van der Waals surface area contributed by atoms with E-state index >= 15 is 0 Å². The van der Waals surface area contributed by atoms with Gasteiger partial charge in [-0.2, -0.15) is 0 Å². The predicted molar refractivity (Wildman–Crippen MR) is 84.5 cm³/mol. The Labute approximate surface area is 136 Å². The number of carbonyl (C=O) groups excluding carboxylic acids is 1. The SMILES string of the molecule is C[C@@H]1CN(C(=O)c2[nH]c3ccc(Cl)cc3c2Cl)C[C@H]1C(=O)O. The van der Waals surface area contributed by atoms with E-state index in [1.165, 1.54) is 4.90 Å². The molecule has 1 aromatic carbocycles. The molecule has 0 spiro atoms. The number of nitrogens with zero attached hydrogens (tertiary/aromatic N) is 1. The quantitative estimate of drug-likeness (QED) is 0.881. The van der Waals surface area contributed by atoms with Crippen LogP contribution >= 0.6 is 23.2 Å². The summed E-state index contributed by atoms with van der Waals surface area (Å²) in [4.78, 5) is 28.3. The van der Waals surface area contributed by atoms with Gasteiger partial charge in [0.15, 0.2) is 0 Å². The van der Waals surface area contributed by atoms with Crippen molar-refractivity contribution in [1.82, 2.24) is 9.88 Å². The summed E-state index contributed by atoms with van der Waals surface area (Å²) in [6, 6.07) is 5.16. The lowest BCUT2D eigenvalue weighted by atomic mass is 9.99. The van der Waals surface area contributed by atoms with Crippen LogP contribution in [0, 0.1) is 11.8 Å². The molecule has 0 unspecified atom stereocenters. The molecule has 7 heteroatoms. The van der Waals surface area contributed by atoms with Crippen molar-refractivity contribution in [2.45, 2.75) is 6.92 Å². The highest BCUT2D eigenvalue weighted by Gasteiger charge is 2.38. The van der Waals surface area contributed by atoms with E-state index in [0.29, 0.717) is 22.0 Å². The zero-order valence-electron chi connectivity index (χ0n) is 11.8. The summed E-state index contributed by atoms with van der Waals surface area (Å²) in [5.41, 5.74) is 0.997. The fourth-order valence-electron chi connectivity index (χ4n) is 2.89. The number of hydrogen-bond acceptors (Lipinski definition) is 2. The summed E-state index contributed by atoms with van der Waals surface area (Å²) in [5, 5.41) is 10.7. The van der Waals surface area contributed by atoms with Crippen LogP contribution in [0.5, 0.6) is 0 Å². The van der Waals surface area contributed by atoms with Gasteiger partial charge in [0, 0.05) is 29.0 Å². The van der Waals surface area contributed by atoms with Crippen LogP contribution in [0.1, 0.15) is 17.4 Å². The van der Waals surface area contributed by atoms with Gasteiger partial charge in [0.1, 0.15) is 5.69 Å². The first kappa shape index (κ1) is 15.2. The molecule has 3 rings (SSSR count). The highest BCUT2D eigenvalue weighted by Crippen LogP contribution is 2.32. The standard InChI is InChI=1S/C15H14Cl2N2O3/c1-7-5-19(6-10(7)15(21)22)14(20)13-12(17)9-4-8(16)2-3-11(9)18-13/h2-4,7,10,18H,5-6H2,1H3,(H,21,22)/t7-,10-/m1/s1. The fraction of sp³-hybridized carbons (Fsp3) is 0.333. The third kappa shape index (κ3) is 2.44. The second-order valence-electron chi connectivity index (χ2n) is 5.64. The lowest BCUT2D eigenvalue weighted by Crippen LogP contribution is -2.30. The first-order chi connectivity index (χ1) is 10.4. The molecule has 2 N–H and O–H groups in total. The molecule has 2 heterocycles. The molecule has 2 aromatic rings. The van der Waals surface area contributed by atoms with E-state index in [1.807, 2.05) is 6.92 Å². The van der Waals surface area contributed by atoms with Crippen molar-refractivity contribution in [3.8, 4) is 0 Å². The highest BCUT2D eigenvalue weighted by atomic mass is 35.5. The molecule has 0 radical (unpaired) electrons. The number of halogens is 2. The van der Waals surface area contributed by atoms with Crippen LogP contribution in [0.4, 0.5) is 0 Å². The van der Waals surface area contributed by atoms with Gasteiger partial charge >= 0.3 is 5.97 Å². The normalized spacial score (nSPS) is 21.5. The molecule has 1 amide bonds. The molecule has 0 aliphatic carbocycles. The van der Waals surface area contributed by atoms with Crippen molar-refractivity contribution in [2.75, 3.05) is 13.1 Å². The number of hydrogen-bond donors (Lipinski definition) is 2. The second-order valence-corrected chi connectivity index (χ2v) is 6.45. The Morgan fingerprint density at radius 1 is 1.32 bits per heavy atom. The van der Waals surface area contributed by atoms with Crippen LogP contribution in [-0.4, -0.2) is 40.0 Å². The van der Waals surface area contributed by atoms with Crippen LogP contribution in [0.3, 0.4) is 0 Å². The number of likely N-dealkylation sites (tertiary alicyclic amines) is 1. The molecule has 1 aromatic heterocycles. The summed E-state index contributed by atoms with van der Waals surface area (Å²) in [5.74, 6) is -1.79. The zero-order valence-corrected chi connectivity index (χ0v) is 13.3. The van der Waals surface area contributed by atoms with Crippen molar-refractivity contribution in [1.29, 1.82) is 0 Å². The molecule has 1 saturated heterocycles. The number of H-pyrrole nitrogens is 1. The molecule has 2 atom stereocenters. The minimum atomic E-state index is -0.877. The Hall–Kier alpha value is -1.72. The van der Waals surface area contributed by atoms with Crippen molar-refractivity contribution >= 4 is 46.0 Å². The number of amides is 1. The maximum absolute atomic E-state index is 12.6. The van der Waals surface area contributed by atoms with Crippen molar-refractivity contribution < 1.29 is 14.7 Å². The maximum atomic E-state index is 12.6. The third-order valence-corrected chi connectivity index (χ3v) is 4.76. The molecule has 116 valence electrons. The van der Waals surface area contributed by atoms with Crippen LogP contribution < -0.4 is 0 Å². The summed E-state index contributed by atoms with van der Waals surface area (Å²) >= 11 is 12.2. The van der Waals surface area contributed by atoms with E-state index in [0.717, 1.165) is 5.52 Å². The molecule has 5 nitrogen and oxygen atoms in total. The minimum Gasteiger partial charge on any atom is -0.481 e. The maximum Gasteiger partial charge on any atom is 0.308 e. The third-order valence-electron chi connectivity index (χ3n) is 4.13. The average molecular weight is 341 g/mol. The zero-order chi connectivity index (χ0) is 16.0. The van der Waals surface area contributed by atoms with Crippen molar-refractivity contribution in [2.24, 2.45) is 11.8 Å². The lowest BCUT2D eigenvalue weighted by molar-refractivity contribution is -0.142. The Morgan fingerprint density at radius 2 is 2.05 bits per heavy atom. The monoisotopic (exact) mass is 340 g/mol. The first-order valence-electron chi connectivity index (χ1n) is 6.87. The lowest BCUT2D eigenvalue weighted by Gasteiger charge is -2.15. The number of aromatic nitrogens is 1. The van der Waals surface area contributed by atoms with Gasteiger partial charge in [-0.05, 0) is 24.1 Å². The van der Waals surface area contributed by atoms with Gasteiger partial charge in [0.25, 0.3) is 5.91 Å². The number of aliphatic carboxylic acids is 1. The Balaban J connectivity index is 1.93. The summed E-state index contributed by atoms with van der Waals surface area (Å²) in [6.07, 6.45) is 0. The van der Waals surface area contributed by atoms with Crippen LogP contribution in [0.2, 0.25) is 10.0 Å². The topological polar surface area (TPSA) is 73.4 Å². The molecular formula is C15H14Cl2N2O3. The number of fused-ring (bicyclic) bond motifs is 1. The van der Waals surface area contributed by atoms with E-state index in [4.69, 9.17) is 28.3 Å². The molecule has 0 bridgehead atoms. The molecule has 1 fully saturated rings. The van der Waals surface area contributed by atoms with E-state index in [2.05, 4.69) is 4.98 Å². The Kier molecular flexibility index (Phi) is 3.78. The second kappa shape index (κ2) is 5.48. The largest absolute Gasteiger partial charge is 0.481 e. The average Bonchev–Trinajstić information content (AvgIpc) is 3.00. The number of rotatable bonds is 2. The highest BCUT2D eigenvalue weighted by molar-refractivity contribution is 6.39. The van der Waals surface area contributed by atoms with Crippen LogP contribution in [-0.2, 0) is 4.79 Å². The summed E-state index contributed by atoms with van der Waals surface area (Å²) in [6.45, 7) is 2.43. The van der Waals surface area contributed by atoms with Crippen molar-refractivity contribution in [3.05, 3.63) is 33.9 Å². The fourth-order valence-corrected chi connectivity index (χ4v) is 3.35. The van der Waals surface area contributed by atoms with E-state index < -0.39 is 11.9 Å². The van der Waals surface area contributed by atoms with Gasteiger partial charge in [0.05, 0.1) is 10.9 Å². The number of benzene rings is 1. The Morgan fingerprint density at radius 3 is 2.68 bits per heavy atom. The predicted octanol–water partition coefficient (Wildman–Crippen LogP) is 3.27. The molecule has 22 heavy (non-hydrogen) atoms. The van der Waals surface area contributed by atoms with Gasteiger partial charge in [-0.1, -0.05) is 30.1 Å². The number of carboxylic acid groups (broad SMARTS) is 1. The van der Waals surface area contributed by atoms with E-state index in [1.54, 1.807) is 18.2 Å². The van der Waals surface area contributed by atoms with Gasteiger partial charge in [0.2, 0.25) is 0 Å². The Bertz CT molecular complexity index is 771. The first-order valence-corrected chi connectivity index (χ1v) is 7.63. The summed E-state index contributed by atoms with van der Waals surface area (Å²) in [7, 11) is 0. The summed E-state index contributed by atoms with van der Waals surface area (Å²) < 4.78 is 0. The molecule has 1 aliphatic rings. The molecular weight excluding hydrogens is 327 g/mol. The van der Waals surface area contributed by atoms with E-state index in [9.17, 15) is 9.59 Å². The number of carbonyl (C=O) groups is 2. The number of aromatic amines is 1. The minimum absolute atomic E-state index is 0.0842. The van der Waals surface area contributed by atoms with Gasteiger partial charge in [-0.25, -0.2) is 0 Å². The molecule has 0 saturated carbocycles. The van der Waals surface area contributed by atoms with Crippen LogP contribution in [0.15, 0.2) is 18.2 Å². The van der Waals surface area contributed by atoms with Crippen molar-refractivity contribution in [3.63, 3.8) is 0 Å². The van der Waals surface area contributed by atoms with Gasteiger partial charge in [-0.3, -0.25) is 9.59 Å². The number of nitrogens with one attached hydrogen (secondary N) is 1. The van der Waals surface area contributed by atoms with Gasteiger partial charge in [-0.15, -0.1) is 0 Å². The number of carboxylic acids is 1. The van der Waals surface area contributed by atoms with Gasteiger partial charge < -0.3 is 15.0 Å². The smallest absolute Gasteiger partial charge is 0.308 e. The van der Waals surface area contributed by atoms with E-state index in [-0.39, 0.29) is 24.1 Å². The van der Waals surface area contributed by atoms with Crippen LogP contribution in [0.25, 0.3) is 10.9 Å².